The molecule has 0 unspecified atom stereocenters. The highest BCUT2D eigenvalue weighted by Gasteiger charge is 2.24. The highest BCUT2D eigenvalue weighted by atomic mass is 32.1. The van der Waals surface area contributed by atoms with Crippen LogP contribution in [-0.2, 0) is 6.54 Å². The van der Waals surface area contributed by atoms with Gasteiger partial charge in [-0.1, -0.05) is 0 Å². The van der Waals surface area contributed by atoms with Crippen LogP contribution < -0.4 is 10.2 Å². The maximum absolute atomic E-state index is 4.54. The van der Waals surface area contributed by atoms with E-state index in [1.807, 2.05) is 4.68 Å². The summed E-state index contributed by atoms with van der Waals surface area (Å²) >= 11 is 1.72. The van der Waals surface area contributed by atoms with Gasteiger partial charge < -0.3 is 10.2 Å². The Morgan fingerprint density at radius 2 is 2.08 bits per heavy atom. The summed E-state index contributed by atoms with van der Waals surface area (Å²) in [5, 5.41) is 10.1. The topological polar surface area (TPSA) is 71.8 Å². The Balaban J connectivity index is 1.39. The first kappa shape index (κ1) is 16.4. The van der Waals surface area contributed by atoms with Gasteiger partial charge in [0.2, 0.25) is 0 Å². The molecule has 3 aromatic rings. The molecule has 0 saturated carbocycles. The number of hydrogen-bond acceptors (Lipinski definition) is 7. The fourth-order valence-electron chi connectivity index (χ4n) is 3.54. The van der Waals surface area contributed by atoms with Crippen molar-refractivity contribution >= 4 is 27.4 Å². The predicted octanol–water partition coefficient (Wildman–Crippen LogP) is 2.62. The lowest BCUT2D eigenvalue weighted by Crippen LogP contribution is -2.44. The van der Waals surface area contributed by atoms with E-state index < -0.39 is 0 Å². The van der Waals surface area contributed by atoms with Crippen molar-refractivity contribution in [3.05, 3.63) is 29.9 Å². The number of fused-ring (bicyclic) bond motifs is 1. The van der Waals surface area contributed by atoms with Gasteiger partial charge in [0.25, 0.3) is 0 Å². The van der Waals surface area contributed by atoms with E-state index in [9.17, 15) is 0 Å². The molecule has 0 aromatic carbocycles. The third kappa shape index (κ3) is 3.23. The van der Waals surface area contributed by atoms with E-state index >= 15 is 0 Å². The smallest absolute Gasteiger partial charge is 0.150 e. The zero-order chi connectivity index (χ0) is 17.2. The lowest BCUT2D eigenvalue weighted by atomic mass is 10.0. The number of aromatic nitrogens is 5. The van der Waals surface area contributed by atoms with E-state index in [0.717, 1.165) is 49.6 Å². The van der Waals surface area contributed by atoms with Gasteiger partial charge in [-0.15, -0.1) is 11.3 Å². The Hall–Kier alpha value is -2.06. The second-order valence-corrected chi connectivity index (χ2v) is 7.33. The van der Waals surface area contributed by atoms with E-state index in [0.29, 0.717) is 6.04 Å². The van der Waals surface area contributed by atoms with Gasteiger partial charge in [0, 0.05) is 25.7 Å². The van der Waals surface area contributed by atoms with Gasteiger partial charge in [-0.2, -0.15) is 5.10 Å². The second-order valence-electron chi connectivity index (χ2n) is 6.42. The number of anilines is 1. The first-order chi connectivity index (χ1) is 12.3. The Morgan fingerprint density at radius 1 is 1.24 bits per heavy atom. The normalized spacial score (nSPS) is 17.3. The first-order valence-electron chi connectivity index (χ1n) is 8.83. The van der Waals surface area contributed by atoms with Crippen molar-refractivity contribution in [2.24, 2.45) is 0 Å². The van der Waals surface area contributed by atoms with Crippen molar-refractivity contribution in [1.29, 1.82) is 0 Å². The maximum Gasteiger partial charge on any atom is 0.150 e. The van der Waals surface area contributed by atoms with Gasteiger partial charge in [-0.3, -0.25) is 0 Å². The fourth-order valence-corrected chi connectivity index (χ4v) is 4.40. The molecule has 8 heteroatoms. The molecule has 132 valence electrons. The van der Waals surface area contributed by atoms with Crippen LogP contribution >= 0.6 is 11.3 Å². The maximum atomic E-state index is 4.54. The monoisotopic (exact) mass is 357 g/mol. The van der Waals surface area contributed by atoms with Gasteiger partial charge in [-0.05, 0) is 38.1 Å². The molecule has 7 nitrogen and oxygen atoms in total. The molecule has 1 aliphatic rings. The molecule has 0 spiro atoms. The molecule has 4 heterocycles. The lowest BCUT2D eigenvalue weighted by molar-refractivity contribution is 0.365. The number of thiophene rings is 1. The molecule has 1 saturated heterocycles. The van der Waals surface area contributed by atoms with Gasteiger partial charge in [0.05, 0.1) is 16.3 Å². The molecule has 0 radical (unpaired) electrons. The minimum absolute atomic E-state index is 0.210. The van der Waals surface area contributed by atoms with Crippen LogP contribution in [0.3, 0.4) is 0 Å². The molecule has 1 aliphatic heterocycles. The number of piperidine rings is 1. The van der Waals surface area contributed by atoms with Gasteiger partial charge in [-0.25, -0.2) is 19.6 Å². The molecular weight excluding hydrogens is 334 g/mol. The molecule has 25 heavy (non-hydrogen) atoms. The summed E-state index contributed by atoms with van der Waals surface area (Å²) in [6.45, 7) is 7.13. The molecule has 3 aromatic heterocycles. The molecule has 0 amide bonds. The zero-order valence-electron chi connectivity index (χ0n) is 14.6. The Bertz CT molecular complexity index is 834. The van der Waals surface area contributed by atoms with Gasteiger partial charge in [0.15, 0.2) is 0 Å². The fraction of sp³-hybridized carbons (Fsp3) is 0.529. The molecular formula is C17H23N7S. The van der Waals surface area contributed by atoms with Crippen LogP contribution in [0, 0.1) is 0 Å². The molecule has 0 bridgehead atoms. The summed E-state index contributed by atoms with van der Waals surface area (Å²) < 4.78 is 3.15. The van der Waals surface area contributed by atoms with Gasteiger partial charge >= 0.3 is 0 Å². The standard InChI is InChI=1S/C17H23N7S/c1-3-24-16(20-11-21-24)12(2)22-13-4-7-23(8-5-13)17-15-14(6-9-25-15)18-10-19-17/h6,9-13,22H,3-5,7-8H2,1-2H3/t12-/m1/s1. The number of rotatable bonds is 5. The van der Waals surface area contributed by atoms with Crippen LogP contribution in [0.25, 0.3) is 10.2 Å². The van der Waals surface area contributed by atoms with Crippen molar-refractivity contribution in [3.63, 3.8) is 0 Å². The first-order valence-corrected chi connectivity index (χ1v) is 9.71. The van der Waals surface area contributed by atoms with Crippen molar-refractivity contribution < 1.29 is 0 Å². The number of hydrogen-bond donors (Lipinski definition) is 1. The van der Waals surface area contributed by atoms with Crippen LogP contribution in [0.1, 0.15) is 38.6 Å². The van der Waals surface area contributed by atoms with Crippen molar-refractivity contribution in [1.82, 2.24) is 30.0 Å². The van der Waals surface area contributed by atoms with Crippen molar-refractivity contribution in [3.8, 4) is 0 Å². The molecule has 4 rings (SSSR count). The number of nitrogens with zero attached hydrogens (tertiary/aromatic N) is 6. The summed E-state index contributed by atoms with van der Waals surface area (Å²) in [5.41, 5.74) is 1.04. The summed E-state index contributed by atoms with van der Waals surface area (Å²) in [4.78, 5) is 15.7. The van der Waals surface area contributed by atoms with Crippen LogP contribution in [0.15, 0.2) is 24.1 Å². The van der Waals surface area contributed by atoms with Crippen LogP contribution in [-0.4, -0.2) is 43.9 Å². The average molecular weight is 357 g/mol. The zero-order valence-corrected chi connectivity index (χ0v) is 15.4. The minimum Gasteiger partial charge on any atom is -0.355 e. The SMILES string of the molecule is CCn1ncnc1[C@@H](C)NC1CCN(c2ncnc3ccsc23)CC1. The quantitative estimate of drug-likeness (QED) is 0.757. The molecule has 0 aliphatic carbocycles. The minimum atomic E-state index is 0.210. The summed E-state index contributed by atoms with van der Waals surface area (Å²) in [5.74, 6) is 2.10. The second kappa shape index (κ2) is 7.05. The van der Waals surface area contributed by atoms with Crippen molar-refractivity contribution in [2.75, 3.05) is 18.0 Å². The molecule has 1 fully saturated rings. The largest absolute Gasteiger partial charge is 0.355 e. The molecule has 1 N–H and O–H groups in total. The number of aryl methyl sites for hydroxylation is 1. The van der Waals surface area contributed by atoms with E-state index in [-0.39, 0.29) is 6.04 Å². The Labute approximate surface area is 151 Å². The van der Waals surface area contributed by atoms with E-state index in [4.69, 9.17) is 0 Å². The average Bonchev–Trinajstić information content (AvgIpc) is 3.31. The van der Waals surface area contributed by atoms with E-state index in [1.165, 1.54) is 4.70 Å². The van der Waals surface area contributed by atoms with E-state index in [1.54, 1.807) is 24.0 Å². The molecule has 1 atom stereocenters. The summed E-state index contributed by atoms with van der Waals surface area (Å²) in [6.07, 6.45) is 5.51. The Morgan fingerprint density at radius 3 is 2.88 bits per heavy atom. The van der Waals surface area contributed by atoms with Crippen molar-refractivity contribution in [2.45, 2.75) is 45.3 Å². The highest BCUT2D eigenvalue weighted by molar-refractivity contribution is 7.17. The lowest BCUT2D eigenvalue weighted by Gasteiger charge is -2.34. The summed E-state index contributed by atoms with van der Waals surface area (Å²) in [6, 6.07) is 2.77. The van der Waals surface area contributed by atoms with Crippen LogP contribution in [0.2, 0.25) is 0 Å². The van der Waals surface area contributed by atoms with Crippen LogP contribution in [0.5, 0.6) is 0 Å². The third-order valence-electron chi connectivity index (χ3n) is 4.84. The summed E-state index contributed by atoms with van der Waals surface area (Å²) in [7, 11) is 0. The highest BCUT2D eigenvalue weighted by Crippen LogP contribution is 2.29. The Kier molecular flexibility index (Phi) is 4.63. The number of nitrogens with one attached hydrogen (secondary N) is 1. The van der Waals surface area contributed by atoms with Gasteiger partial charge in [0.1, 0.15) is 24.3 Å². The third-order valence-corrected chi connectivity index (χ3v) is 5.74. The van der Waals surface area contributed by atoms with Crippen LogP contribution in [0.4, 0.5) is 5.82 Å². The van der Waals surface area contributed by atoms with E-state index in [2.05, 4.69) is 55.6 Å². The predicted molar refractivity (Wildman–Crippen MR) is 99.9 cm³/mol.